The third kappa shape index (κ3) is 5.74. The van der Waals surface area contributed by atoms with Crippen molar-refractivity contribution in [1.82, 2.24) is 9.88 Å². The van der Waals surface area contributed by atoms with Crippen molar-refractivity contribution in [3.8, 4) is 0 Å². The van der Waals surface area contributed by atoms with Gasteiger partial charge in [0.25, 0.3) is 0 Å². The molecule has 2 aromatic rings. The van der Waals surface area contributed by atoms with Gasteiger partial charge in [0.2, 0.25) is 0 Å². The summed E-state index contributed by atoms with van der Waals surface area (Å²) in [6, 6.07) is 11.8. The quantitative estimate of drug-likeness (QED) is 0.766. The van der Waals surface area contributed by atoms with E-state index in [1.54, 1.807) is 24.3 Å². The Morgan fingerprint density at radius 3 is 2.39 bits per heavy atom. The maximum absolute atomic E-state index is 12.2. The molecule has 0 saturated heterocycles. The van der Waals surface area contributed by atoms with E-state index in [-0.39, 0.29) is 6.03 Å². The average molecular weight is 311 g/mol. The molecule has 1 heterocycles. The van der Waals surface area contributed by atoms with Crippen LogP contribution >= 0.6 is 0 Å². The van der Waals surface area contributed by atoms with Gasteiger partial charge in [0.1, 0.15) is 0 Å². The molecular formula is C19H25N3O. The summed E-state index contributed by atoms with van der Waals surface area (Å²) in [5.41, 5.74) is 3.21. The number of aromatic nitrogens is 1. The summed E-state index contributed by atoms with van der Waals surface area (Å²) < 4.78 is 0. The van der Waals surface area contributed by atoms with Crippen LogP contribution in [0.5, 0.6) is 0 Å². The number of benzene rings is 1. The zero-order valence-corrected chi connectivity index (χ0v) is 14.0. The van der Waals surface area contributed by atoms with Crippen LogP contribution in [-0.2, 0) is 13.0 Å². The predicted molar refractivity (Wildman–Crippen MR) is 94.4 cm³/mol. The van der Waals surface area contributed by atoms with Crippen molar-refractivity contribution in [3.63, 3.8) is 0 Å². The first kappa shape index (κ1) is 17.0. The highest BCUT2D eigenvalue weighted by Crippen LogP contribution is 2.13. The molecule has 1 N–H and O–H groups in total. The van der Waals surface area contributed by atoms with Crippen LogP contribution in [0.4, 0.5) is 10.5 Å². The molecule has 0 saturated carbocycles. The molecule has 0 spiro atoms. The number of rotatable bonds is 7. The molecule has 122 valence electrons. The minimum Gasteiger partial charge on any atom is -0.323 e. The SMILES string of the molecule is CCCCCc1ccc(NC(=O)N(C)Cc2ccncc2)cc1. The summed E-state index contributed by atoms with van der Waals surface area (Å²) in [7, 11) is 1.79. The summed E-state index contributed by atoms with van der Waals surface area (Å²) in [4.78, 5) is 17.9. The van der Waals surface area contributed by atoms with Gasteiger partial charge < -0.3 is 10.2 Å². The van der Waals surface area contributed by atoms with Gasteiger partial charge >= 0.3 is 6.03 Å². The number of nitrogens with zero attached hydrogens (tertiary/aromatic N) is 2. The Kier molecular flexibility index (Phi) is 6.60. The van der Waals surface area contributed by atoms with Gasteiger partial charge in [-0.15, -0.1) is 0 Å². The molecule has 0 aliphatic rings. The van der Waals surface area contributed by atoms with Gasteiger partial charge in [-0.25, -0.2) is 4.79 Å². The van der Waals surface area contributed by atoms with Crippen LogP contribution in [0, 0.1) is 0 Å². The number of pyridine rings is 1. The Hall–Kier alpha value is -2.36. The first-order chi connectivity index (χ1) is 11.2. The molecule has 0 aliphatic heterocycles. The molecule has 4 nitrogen and oxygen atoms in total. The van der Waals surface area contributed by atoms with Crippen molar-refractivity contribution in [2.24, 2.45) is 0 Å². The molecule has 0 radical (unpaired) electrons. The smallest absolute Gasteiger partial charge is 0.321 e. The Labute approximate surface area is 138 Å². The maximum Gasteiger partial charge on any atom is 0.321 e. The van der Waals surface area contributed by atoms with Crippen molar-refractivity contribution >= 4 is 11.7 Å². The van der Waals surface area contributed by atoms with Crippen molar-refractivity contribution in [3.05, 3.63) is 59.9 Å². The van der Waals surface area contributed by atoms with Crippen molar-refractivity contribution < 1.29 is 4.79 Å². The van der Waals surface area contributed by atoms with E-state index in [1.807, 2.05) is 24.3 Å². The number of hydrogen-bond acceptors (Lipinski definition) is 2. The Morgan fingerprint density at radius 2 is 1.74 bits per heavy atom. The van der Waals surface area contributed by atoms with E-state index in [1.165, 1.54) is 24.8 Å². The minimum absolute atomic E-state index is 0.111. The van der Waals surface area contributed by atoms with Crippen LogP contribution in [0.2, 0.25) is 0 Å². The Balaban J connectivity index is 1.84. The van der Waals surface area contributed by atoms with Gasteiger partial charge in [0, 0.05) is 31.7 Å². The van der Waals surface area contributed by atoms with Gasteiger partial charge in [-0.1, -0.05) is 31.9 Å². The predicted octanol–water partition coefficient (Wildman–Crippen LogP) is 4.48. The second-order valence-corrected chi connectivity index (χ2v) is 5.80. The highest BCUT2D eigenvalue weighted by atomic mass is 16.2. The van der Waals surface area contributed by atoms with Crippen molar-refractivity contribution in [1.29, 1.82) is 0 Å². The van der Waals surface area contributed by atoms with Crippen LogP contribution in [0.1, 0.15) is 37.3 Å². The molecule has 0 fully saturated rings. The Bertz CT molecular complexity index is 596. The number of aryl methyl sites for hydroxylation is 1. The first-order valence-electron chi connectivity index (χ1n) is 8.19. The first-order valence-corrected chi connectivity index (χ1v) is 8.19. The summed E-state index contributed by atoms with van der Waals surface area (Å²) in [5.74, 6) is 0. The largest absolute Gasteiger partial charge is 0.323 e. The van der Waals surface area contributed by atoms with E-state index in [2.05, 4.69) is 29.4 Å². The van der Waals surface area contributed by atoms with E-state index in [0.717, 1.165) is 17.7 Å². The number of amides is 2. The maximum atomic E-state index is 12.2. The highest BCUT2D eigenvalue weighted by molar-refractivity contribution is 5.89. The number of carbonyl (C=O) groups is 1. The lowest BCUT2D eigenvalue weighted by atomic mass is 10.1. The van der Waals surface area contributed by atoms with E-state index in [4.69, 9.17) is 0 Å². The van der Waals surface area contributed by atoms with Gasteiger partial charge in [-0.3, -0.25) is 4.98 Å². The van der Waals surface area contributed by atoms with E-state index < -0.39 is 0 Å². The molecule has 2 rings (SSSR count). The number of nitrogens with one attached hydrogen (secondary N) is 1. The number of urea groups is 1. The zero-order chi connectivity index (χ0) is 16.5. The molecule has 0 atom stereocenters. The minimum atomic E-state index is -0.111. The van der Waals surface area contributed by atoms with Crippen LogP contribution in [0.15, 0.2) is 48.8 Å². The summed E-state index contributed by atoms with van der Waals surface area (Å²) >= 11 is 0. The summed E-state index contributed by atoms with van der Waals surface area (Å²) in [6.07, 6.45) is 8.29. The van der Waals surface area contributed by atoms with E-state index in [9.17, 15) is 4.79 Å². The van der Waals surface area contributed by atoms with Gasteiger partial charge in [0.15, 0.2) is 0 Å². The van der Waals surface area contributed by atoms with Crippen LogP contribution in [-0.4, -0.2) is 23.0 Å². The normalized spacial score (nSPS) is 10.3. The number of anilines is 1. The Morgan fingerprint density at radius 1 is 1.04 bits per heavy atom. The molecule has 4 heteroatoms. The molecule has 1 aromatic heterocycles. The molecule has 2 amide bonds. The lowest BCUT2D eigenvalue weighted by Gasteiger charge is -2.18. The zero-order valence-electron chi connectivity index (χ0n) is 14.0. The van der Waals surface area contributed by atoms with Crippen LogP contribution in [0.3, 0.4) is 0 Å². The molecule has 0 unspecified atom stereocenters. The lowest BCUT2D eigenvalue weighted by molar-refractivity contribution is 0.220. The highest BCUT2D eigenvalue weighted by Gasteiger charge is 2.09. The second kappa shape index (κ2) is 8.93. The molecule has 23 heavy (non-hydrogen) atoms. The molecular weight excluding hydrogens is 286 g/mol. The number of carbonyl (C=O) groups excluding carboxylic acids is 1. The third-order valence-corrected chi connectivity index (χ3v) is 3.79. The lowest BCUT2D eigenvalue weighted by Crippen LogP contribution is -2.30. The summed E-state index contributed by atoms with van der Waals surface area (Å²) in [6.45, 7) is 2.77. The molecule has 0 bridgehead atoms. The van der Waals surface area contributed by atoms with Crippen molar-refractivity contribution in [2.45, 2.75) is 39.2 Å². The van der Waals surface area contributed by atoms with E-state index >= 15 is 0 Å². The third-order valence-electron chi connectivity index (χ3n) is 3.79. The van der Waals surface area contributed by atoms with E-state index in [0.29, 0.717) is 6.54 Å². The van der Waals surface area contributed by atoms with Gasteiger partial charge in [-0.05, 0) is 48.2 Å². The summed E-state index contributed by atoms with van der Waals surface area (Å²) in [5, 5.41) is 2.93. The molecule has 0 aliphatic carbocycles. The van der Waals surface area contributed by atoms with Gasteiger partial charge in [0.05, 0.1) is 0 Å². The van der Waals surface area contributed by atoms with Crippen LogP contribution in [0.25, 0.3) is 0 Å². The monoisotopic (exact) mass is 311 g/mol. The number of hydrogen-bond donors (Lipinski definition) is 1. The fraction of sp³-hybridized carbons (Fsp3) is 0.368. The standard InChI is InChI=1S/C19H25N3O/c1-3-4-5-6-16-7-9-18(10-8-16)21-19(23)22(2)15-17-11-13-20-14-12-17/h7-14H,3-6,15H2,1-2H3,(H,21,23). The fourth-order valence-corrected chi connectivity index (χ4v) is 2.39. The number of unbranched alkanes of at least 4 members (excludes halogenated alkanes) is 2. The fourth-order valence-electron chi connectivity index (χ4n) is 2.39. The van der Waals surface area contributed by atoms with Gasteiger partial charge in [-0.2, -0.15) is 0 Å². The van der Waals surface area contributed by atoms with Crippen molar-refractivity contribution in [2.75, 3.05) is 12.4 Å². The second-order valence-electron chi connectivity index (χ2n) is 5.80. The topological polar surface area (TPSA) is 45.2 Å². The average Bonchev–Trinajstić information content (AvgIpc) is 2.57. The molecule has 1 aromatic carbocycles. The van der Waals surface area contributed by atoms with Crippen LogP contribution < -0.4 is 5.32 Å².